The van der Waals surface area contributed by atoms with Gasteiger partial charge in [-0.1, -0.05) is 33.6 Å². The maximum Gasteiger partial charge on any atom is 0.308 e. The smallest absolute Gasteiger partial charge is 0.308 e. The number of halogens is 2. The van der Waals surface area contributed by atoms with Crippen LogP contribution >= 0.6 is 27.5 Å². The van der Waals surface area contributed by atoms with E-state index in [2.05, 4.69) is 21.2 Å². The maximum absolute atomic E-state index is 11.5. The first kappa shape index (κ1) is 15.8. The predicted molar refractivity (Wildman–Crippen MR) is 83.8 cm³/mol. The highest BCUT2D eigenvalue weighted by atomic mass is 79.9. The van der Waals surface area contributed by atoms with E-state index < -0.39 is 0 Å². The SMILES string of the molecule is COC(=O)C1CCC(NCc2ccc(Br)cc2Cl)CC1. The highest BCUT2D eigenvalue weighted by Gasteiger charge is 2.26. The van der Waals surface area contributed by atoms with Crippen molar-refractivity contribution in [1.82, 2.24) is 5.32 Å². The zero-order chi connectivity index (χ0) is 14.5. The van der Waals surface area contributed by atoms with E-state index in [1.807, 2.05) is 18.2 Å². The summed E-state index contributed by atoms with van der Waals surface area (Å²) < 4.78 is 5.79. The first-order chi connectivity index (χ1) is 9.60. The first-order valence-electron chi connectivity index (χ1n) is 6.85. The Hall–Kier alpha value is -0.580. The number of carbonyl (C=O) groups is 1. The van der Waals surface area contributed by atoms with Crippen molar-refractivity contribution in [2.45, 2.75) is 38.3 Å². The van der Waals surface area contributed by atoms with Gasteiger partial charge in [-0.25, -0.2) is 0 Å². The van der Waals surface area contributed by atoms with Gasteiger partial charge in [0.1, 0.15) is 0 Å². The minimum absolute atomic E-state index is 0.0700. The fourth-order valence-electron chi connectivity index (χ4n) is 2.62. The molecule has 1 aromatic carbocycles. The largest absolute Gasteiger partial charge is 0.469 e. The van der Waals surface area contributed by atoms with Gasteiger partial charge in [0, 0.05) is 22.1 Å². The summed E-state index contributed by atoms with van der Waals surface area (Å²) in [5.74, 6) is 0.00808. The van der Waals surface area contributed by atoms with Gasteiger partial charge in [-0.05, 0) is 43.4 Å². The molecule has 1 aliphatic rings. The molecule has 0 unspecified atom stereocenters. The Morgan fingerprint density at radius 1 is 1.40 bits per heavy atom. The van der Waals surface area contributed by atoms with Crippen molar-refractivity contribution >= 4 is 33.5 Å². The lowest BCUT2D eigenvalue weighted by atomic mass is 9.86. The summed E-state index contributed by atoms with van der Waals surface area (Å²) in [6.45, 7) is 0.764. The summed E-state index contributed by atoms with van der Waals surface area (Å²) in [6, 6.07) is 6.39. The molecule has 0 aliphatic heterocycles. The van der Waals surface area contributed by atoms with Crippen molar-refractivity contribution < 1.29 is 9.53 Å². The number of carbonyl (C=O) groups excluding carboxylic acids is 1. The molecule has 3 nitrogen and oxygen atoms in total. The number of hydrogen-bond donors (Lipinski definition) is 1. The molecule has 0 heterocycles. The molecule has 0 aromatic heterocycles. The van der Waals surface area contributed by atoms with Gasteiger partial charge in [0.2, 0.25) is 0 Å². The Bertz CT molecular complexity index is 473. The molecular formula is C15H19BrClNO2. The minimum Gasteiger partial charge on any atom is -0.469 e. The van der Waals surface area contributed by atoms with Gasteiger partial charge in [-0.2, -0.15) is 0 Å². The van der Waals surface area contributed by atoms with Gasteiger partial charge in [-0.15, -0.1) is 0 Å². The van der Waals surface area contributed by atoms with Crippen LogP contribution in [0.5, 0.6) is 0 Å². The van der Waals surface area contributed by atoms with E-state index in [-0.39, 0.29) is 11.9 Å². The van der Waals surface area contributed by atoms with E-state index in [1.165, 1.54) is 7.11 Å². The van der Waals surface area contributed by atoms with Gasteiger partial charge in [0.15, 0.2) is 0 Å². The number of rotatable bonds is 4. The number of benzene rings is 1. The van der Waals surface area contributed by atoms with E-state index in [4.69, 9.17) is 16.3 Å². The molecule has 1 N–H and O–H groups in total. The average Bonchev–Trinajstić information content (AvgIpc) is 2.46. The van der Waals surface area contributed by atoms with Crippen LogP contribution in [0.1, 0.15) is 31.2 Å². The lowest BCUT2D eigenvalue weighted by Gasteiger charge is -2.27. The maximum atomic E-state index is 11.5. The third kappa shape index (κ3) is 4.21. The van der Waals surface area contributed by atoms with Crippen LogP contribution in [0.2, 0.25) is 5.02 Å². The molecule has 1 aromatic rings. The van der Waals surface area contributed by atoms with Crippen LogP contribution in [0.3, 0.4) is 0 Å². The highest BCUT2D eigenvalue weighted by Crippen LogP contribution is 2.26. The second-order valence-corrected chi connectivity index (χ2v) is 6.51. The molecule has 0 atom stereocenters. The van der Waals surface area contributed by atoms with Gasteiger partial charge >= 0.3 is 5.97 Å². The third-order valence-corrected chi connectivity index (χ3v) is 4.70. The molecule has 0 spiro atoms. The molecule has 0 bridgehead atoms. The van der Waals surface area contributed by atoms with E-state index >= 15 is 0 Å². The quantitative estimate of drug-likeness (QED) is 0.827. The molecule has 2 rings (SSSR count). The predicted octanol–water partition coefficient (Wildman–Crippen LogP) is 3.92. The highest BCUT2D eigenvalue weighted by molar-refractivity contribution is 9.10. The summed E-state index contributed by atoms with van der Waals surface area (Å²) in [7, 11) is 1.46. The standard InChI is InChI=1S/C15H19BrClNO2/c1-20-15(19)10-3-6-13(7-4-10)18-9-11-2-5-12(16)8-14(11)17/h2,5,8,10,13,18H,3-4,6-7,9H2,1H3. The molecule has 0 amide bonds. The fourth-order valence-corrected chi connectivity index (χ4v) is 3.36. The number of esters is 1. The normalized spacial score (nSPS) is 22.6. The van der Waals surface area contributed by atoms with Gasteiger partial charge < -0.3 is 10.1 Å². The topological polar surface area (TPSA) is 38.3 Å². The van der Waals surface area contributed by atoms with Gasteiger partial charge in [0.05, 0.1) is 13.0 Å². The Morgan fingerprint density at radius 3 is 2.70 bits per heavy atom. The van der Waals surface area contributed by atoms with Crippen molar-refractivity contribution in [2.75, 3.05) is 7.11 Å². The summed E-state index contributed by atoms with van der Waals surface area (Å²) in [5.41, 5.74) is 1.10. The summed E-state index contributed by atoms with van der Waals surface area (Å²) in [6.07, 6.45) is 3.82. The van der Waals surface area contributed by atoms with E-state index in [1.54, 1.807) is 0 Å². The Kier molecular flexibility index (Phi) is 5.87. The van der Waals surface area contributed by atoms with Gasteiger partial charge in [0.25, 0.3) is 0 Å². The van der Waals surface area contributed by atoms with Gasteiger partial charge in [-0.3, -0.25) is 4.79 Å². The summed E-state index contributed by atoms with van der Waals surface area (Å²) in [5, 5.41) is 4.30. The van der Waals surface area contributed by atoms with Crippen LogP contribution in [-0.4, -0.2) is 19.1 Å². The van der Waals surface area contributed by atoms with Crippen LogP contribution < -0.4 is 5.32 Å². The Balaban J connectivity index is 1.80. The van der Waals surface area contributed by atoms with Crippen molar-refractivity contribution in [3.63, 3.8) is 0 Å². The fraction of sp³-hybridized carbons (Fsp3) is 0.533. The van der Waals surface area contributed by atoms with Crippen molar-refractivity contribution in [3.8, 4) is 0 Å². The van der Waals surface area contributed by atoms with E-state index in [9.17, 15) is 4.79 Å². The number of nitrogens with one attached hydrogen (secondary N) is 1. The third-order valence-electron chi connectivity index (χ3n) is 3.86. The van der Waals surface area contributed by atoms with Crippen LogP contribution in [0, 0.1) is 5.92 Å². The summed E-state index contributed by atoms with van der Waals surface area (Å²) in [4.78, 5) is 11.5. The Morgan fingerprint density at radius 2 is 2.10 bits per heavy atom. The Labute approximate surface area is 133 Å². The zero-order valence-electron chi connectivity index (χ0n) is 11.5. The van der Waals surface area contributed by atoms with Crippen LogP contribution in [0.4, 0.5) is 0 Å². The number of ether oxygens (including phenoxy) is 1. The minimum atomic E-state index is -0.0700. The van der Waals surface area contributed by atoms with Crippen molar-refractivity contribution in [3.05, 3.63) is 33.3 Å². The molecule has 1 aliphatic carbocycles. The molecule has 0 radical (unpaired) electrons. The number of hydrogen-bond acceptors (Lipinski definition) is 3. The van der Waals surface area contributed by atoms with Crippen LogP contribution in [0.25, 0.3) is 0 Å². The number of methoxy groups -OCH3 is 1. The second-order valence-electron chi connectivity index (χ2n) is 5.19. The molecule has 0 saturated heterocycles. The van der Waals surface area contributed by atoms with Crippen molar-refractivity contribution in [2.24, 2.45) is 5.92 Å². The van der Waals surface area contributed by atoms with Crippen LogP contribution in [0.15, 0.2) is 22.7 Å². The van der Waals surface area contributed by atoms with E-state index in [0.29, 0.717) is 6.04 Å². The monoisotopic (exact) mass is 359 g/mol. The molecule has 1 fully saturated rings. The first-order valence-corrected chi connectivity index (χ1v) is 8.02. The van der Waals surface area contributed by atoms with Crippen LogP contribution in [-0.2, 0) is 16.1 Å². The van der Waals surface area contributed by atoms with Crippen molar-refractivity contribution in [1.29, 1.82) is 0 Å². The average molecular weight is 361 g/mol. The molecular weight excluding hydrogens is 342 g/mol. The molecule has 5 heteroatoms. The second kappa shape index (κ2) is 7.43. The van der Waals surface area contributed by atoms with E-state index in [0.717, 1.165) is 47.3 Å². The lowest BCUT2D eigenvalue weighted by molar-refractivity contribution is -0.146. The molecule has 1 saturated carbocycles. The zero-order valence-corrected chi connectivity index (χ0v) is 13.8. The lowest BCUT2D eigenvalue weighted by Crippen LogP contribution is -2.34. The molecule has 110 valence electrons. The summed E-state index contributed by atoms with van der Waals surface area (Å²) >= 11 is 9.60. The molecule has 20 heavy (non-hydrogen) atoms.